The molecule has 0 fully saturated rings. The fraction of sp³-hybridized carbons (Fsp3) is 0.533. The van der Waals surface area contributed by atoms with Crippen LogP contribution in [0.15, 0.2) is 24.3 Å². The first-order chi connectivity index (χ1) is 11.9. The highest BCUT2D eigenvalue weighted by Crippen LogP contribution is 2.49. The molecule has 0 saturated carbocycles. The minimum atomic E-state index is -3.16. The Morgan fingerprint density at radius 1 is 1.08 bits per heavy atom. The zero-order valence-electron chi connectivity index (χ0n) is 14.3. The standard InChI is InChI=1S/C15H24Cl3N4OPS/c1-3-21(4-2)24(23,22(11-9-16)12-10-17)20-15(25)19-14-7-5-13(18)6-8-14/h5-8H,3-4,9-12H2,1-2H3,(H2,19,20,23,25). The van der Waals surface area contributed by atoms with Gasteiger partial charge in [0.05, 0.1) is 0 Å². The lowest BCUT2D eigenvalue weighted by atomic mass is 10.3. The molecule has 10 heteroatoms. The smallest absolute Gasteiger partial charge is 0.310 e. The van der Waals surface area contributed by atoms with Crippen molar-refractivity contribution in [3.8, 4) is 0 Å². The molecule has 25 heavy (non-hydrogen) atoms. The quantitative estimate of drug-likeness (QED) is 0.305. The Morgan fingerprint density at radius 2 is 1.60 bits per heavy atom. The highest BCUT2D eigenvalue weighted by Gasteiger charge is 2.36. The second-order valence-electron chi connectivity index (χ2n) is 5.09. The van der Waals surface area contributed by atoms with E-state index in [2.05, 4.69) is 10.4 Å². The second kappa shape index (κ2) is 11.6. The van der Waals surface area contributed by atoms with E-state index >= 15 is 0 Å². The number of rotatable bonds is 10. The first-order valence-corrected chi connectivity index (χ1v) is 11.5. The van der Waals surface area contributed by atoms with Crippen molar-refractivity contribution in [3.63, 3.8) is 0 Å². The van der Waals surface area contributed by atoms with Crippen LogP contribution in [-0.2, 0) is 4.57 Å². The molecule has 1 rings (SSSR count). The molecule has 0 spiro atoms. The van der Waals surface area contributed by atoms with Gasteiger partial charge < -0.3 is 5.32 Å². The minimum Gasteiger partial charge on any atom is -0.332 e. The van der Waals surface area contributed by atoms with Gasteiger partial charge >= 0.3 is 7.59 Å². The lowest BCUT2D eigenvalue weighted by Gasteiger charge is -2.38. The average molecular weight is 446 g/mol. The molecule has 0 aliphatic rings. The lowest BCUT2D eigenvalue weighted by molar-refractivity contribution is 0.357. The van der Waals surface area contributed by atoms with E-state index in [1.165, 1.54) is 0 Å². The van der Waals surface area contributed by atoms with Crippen LogP contribution in [0.25, 0.3) is 0 Å². The largest absolute Gasteiger partial charge is 0.332 e. The van der Waals surface area contributed by atoms with Crippen molar-refractivity contribution < 1.29 is 4.57 Å². The van der Waals surface area contributed by atoms with Gasteiger partial charge in [-0.05, 0) is 36.5 Å². The maximum atomic E-state index is 13.8. The number of hydrogen-bond donors (Lipinski definition) is 2. The SMILES string of the molecule is CCN(CC)P(=O)(NC(=S)Nc1ccc(Cl)cc1)N(CCCl)CCCl. The lowest BCUT2D eigenvalue weighted by Crippen LogP contribution is -2.43. The first-order valence-electron chi connectivity index (χ1n) is 7.98. The van der Waals surface area contributed by atoms with E-state index in [-0.39, 0.29) is 5.11 Å². The molecule has 0 heterocycles. The van der Waals surface area contributed by atoms with Gasteiger partial charge in [0, 0.05) is 48.6 Å². The Labute approximate surface area is 170 Å². The number of nitrogens with zero attached hydrogens (tertiary/aromatic N) is 2. The van der Waals surface area contributed by atoms with Gasteiger partial charge in [0.15, 0.2) is 5.11 Å². The highest BCUT2D eigenvalue weighted by molar-refractivity contribution is 7.81. The van der Waals surface area contributed by atoms with E-state index in [9.17, 15) is 4.57 Å². The van der Waals surface area contributed by atoms with Crippen LogP contribution < -0.4 is 10.4 Å². The first kappa shape index (κ1) is 23.0. The minimum absolute atomic E-state index is 0.270. The summed E-state index contributed by atoms with van der Waals surface area (Å²) in [5.74, 6) is 0.697. The van der Waals surface area contributed by atoms with Crippen molar-refractivity contribution in [2.45, 2.75) is 13.8 Å². The van der Waals surface area contributed by atoms with Crippen LogP contribution in [0.1, 0.15) is 13.8 Å². The van der Waals surface area contributed by atoms with Gasteiger partial charge in [-0.2, -0.15) is 0 Å². The second-order valence-corrected chi connectivity index (χ2v) is 9.13. The zero-order valence-corrected chi connectivity index (χ0v) is 18.3. The van der Waals surface area contributed by atoms with Gasteiger partial charge in [-0.15, -0.1) is 23.2 Å². The maximum Gasteiger partial charge on any atom is 0.310 e. The third-order valence-electron chi connectivity index (χ3n) is 3.53. The summed E-state index contributed by atoms with van der Waals surface area (Å²) >= 11 is 23.1. The van der Waals surface area contributed by atoms with Crippen molar-refractivity contribution in [1.82, 2.24) is 14.4 Å². The molecule has 1 aromatic rings. The molecule has 0 aromatic heterocycles. The number of thiocarbonyl (C=S) groups is 1. The van der Waals surface area contributed by atoms with E-state index in [0.29, 0.717) is 43.0 Å². The summed E-state index contributed by atoms with van der Waals surface area (Å²) in [6, 6.07) is 7.11. The zero-order chi connectivity index (χ0) is 18.9. The summed E-state index contributed by atoms with van der Waals surface area (Å²) in [7, 11) is -3.16. The molecule has 1 aromatic carbocycles. The van der Waals surface area contributed by atoms with Crippen molar-refractivity contribution in [2.75, 3.05) is 43.3 Å². The van der Waals surface area contributed by atoms with Gasteiger partial charge in [0.1, 0.15) is 0 Å². The topological polar surface area (TPSA) is 47.6 Å². The molecule has 1 atom stereocenters. The fourth-order valence-electron chi connectivity index (χ4n) is 2.33. The number of benzene rings is 1. The molecule has 5 nitrogen and oxygen atoms in total. The van der Waals surface area contributed by atoms with Crippen molar-refractivity contribution in [3.05, 3.63) is 29.3 Å². The van der Waals surface area contributed by atoms with Crippen LogP contribution >= 0.6 is 54.6 Å². The molecule has 0 aliphatic carbocycles. The summed E-state index contributed by atoms with van der Waals surface area (Å²) in [6.07, 6.45) is 0. The Bertz CT molecular complexity index is 581. The fourth-order valence-corrected chi connectivity index (χ4v) is 6.04. The van der Waals surface area contributed by atoms with E-state index in [1.807, 2.05) is 18.5 Å². The van der Waals surface area contributed by atoms with Gasteiger partial charge in [0.25, 0.3) is 0 Å². The van der Waals surface area contributed by atoms with Crippen LogP contribution in [-0.4, -0.2) is 52.4 Å². The molecule has 0 amide bonds. The van der Waals surface area contributed by atoms with Crippen molar-refractivity contribution in [2.24, 2.45) is 0 Å². The molecule has 0 aliphatic heterocycles. The molecule has 2 N–H and O–H groups in total. The third-order valence-corrected chi connectivity index (χ3v) is 7.49. The van der Waals surface area contributed by atoms with Gasteiger partial charge in [-0.25, -0.2) is 9.34 Å². The van der Waals surface area contributed by atoms with Crippen LogP contribution in [0, 0.1) is 0 Å². The number of hydrogen-bond acceptors (Lipinski definition) is 2. The van der Waals surface area contributed by atoms with E-state index < -0.39 is 7.59 Å². The Balaban J connectivity index is 3.00. The molecule has 0 saturated heterocycles. The molecule has 142 valence electrons. The Morgan fingerprint density at radius 3 is 2.04 bits per heavy atom. The predicted molar refractivity (Wildman–Crippen MR) is 114 cm³/mol. The molecule has 0 bridgehead atoms. The summed E-state index contributed by atoms with van der Waals surface area (Å²) in [5, 5.41) is 6.95. The Kier molecular flexibility index (Phi) is 10.7. The van der Waals surface area contributed by atoms with Crippen LogP contribution in [0.2, 0.25) is 5.02 Å². The summed E-state index contributed by atoms with van der Waals surface area (Å²) < 4.78 is 17.4. The molecule has 0 radical (unpaired) electrons. The van der Waals surface area contributed by atoms with E-state index in [0.717, 1.165) is 5.69 Å². The highest BCUT2D eigenvalue weighted by atomic mass is 35.5. The number of halogens is 3. The van der Waals surface area contributed by atoms with Crippen LogP contribution in [0.3, 0.4) is 0 Å². The predicted octanol–water partition coefficient (Wildman–Crippen LogP) is 4.86. The van der Waals surface area contributed by atoms with E-state index in [4.69, 9.17) is 47.0 Å². The van der Waals surface area contributed by atoms with Crippen molar-refractivity contribution in [1.29, 1.82) is 0 Å². The van der Waals surface area contributed by atoms with Gasteiger partial charge in [-0.3, -0.25) is 9.65 Å². The normalized spacial score (nSPS) is 13.7. The van der Waals surface area contributed by atoms with Crippen molar-refractivity contribution >= 4 is 65.4 Å². The number of nitrogens with one attached hydrogen (secondary N) is 2. The molecular weight excluding hydrogens is 422 g/mol. The van der Waals surface area contributed by atoms with Crippen LogP contribution in [0.5, 0.6) is 0 Å². The average Bonchev–Trinajstić information content (AvgIpc) is 2.57. The van der Waals surface area contributed by atoms with E-state index in [1.54, 1.807) is 28.9 Å². The monoisotopic (exact) mass is 444 g/mol. The Hall–Kier alpha value is -0.0700. The third kappa shape index (κ3) is 6.87. The summed E-state index contributed by atoms with van der Waals surface area (Å²) in [6.45, 7) is 5.99. The maximum absolute atomic E-state index is 13.8. The van der Waals surface area contributed by atoms with Gasteiger partial charge in [-0.1, -0.05) is 25.4 Å². The number of anilines is 1. The summed E-state index contributed by atoms with van der Waals surface area (Å²) in [4.78, 5) is 0. The summed E-state index contributed by atoms with van der Waals surface area (Å²) in [5.41, 5.74) is 0.759. The molecular formula is C15H24Cl3N4OPS. The number of alkyl halides is 2. The van der Waals surface area contributed by atoms with Gasteiger partial charge in [0.2, 0.25) is 0 Å². The van der Waals surface area contributed by atoms with Crippen LogP contribution in [0.4, 0.5) is 5.69 Å². The molecule has 1 unspecified atom stereocenters.